The van der Waals surface area contributed by atoms with Crippen molar-refractivity contribution in [1.82, 2.24) is 10.3 Å². The maximum absolute atomic E-state index is 12.8. The lowest BCUT2D eigenvalue weighted by atomic mass is 10.1. The molecule has 0 radical (unpaired) electrons. The van der Waals surface area contributed by atoms with E-state index < -0.39 is 29.4 Å². The maximum atomic E-state index is 12.8. The minimum atomic E-state index is -4.57. The lowest BCUT2D eigenvalue weighted by Gasteiger charge is -2.13. The smallest absolute Gasteiger partial charge is 0.351 e. The zero-order valence-corrected chi connectivity index (χ0v) is 13.8. The van der Waals surface area contributed by atoms with Gasteiger partial charge in [0, 0.05) is 29.4 Å². The standard InChI is InChI=1S/C16H12F6N2OS/c17-15(18,19)11-2-1-3-12(6-11)26-9-14(25)24-8-10-7-23-5-4-13(10)16(20,21)22/h1-7H,8-9H2,(H,24,25). The Labute approximate surface area is 148 Å². The van der Waals surface area contributed by atoms with Crippen LogP contribution >= 0.6 is 11.8 Å². The van der Waals surface area contributed by atoms with Crippen LogP contribution in [-0.4, -0.2) is 16.6 Å². The van der Waals surface area contributed by atoms with Gasteiger partial charge in [-0.2, -0.15) is 26.3 Å². The summed E-state index contributed by atoms with van der Waals surface area (Å²) in [7, 11) is 0. The van der Waals surface area contributed by atoms with Crippen LogP contribution in [0.25, 0.3) is 0 Å². The van der Waals surface area contributed by atoms with Gasteiger partial charge in [-0.25, -0.2) is 0 Å². The summed E-state index contributed by atoms with van der Waals surface area (Å²) in [6.45, 7) is -0.384. The van der Waals surface area contributed by atoms with Crippen molar-refractivity contribution >= 4 is 17.7 Å². The van der Waals surface area contributed by atoms with Gasteiger partial charge in [-0.15, -0.1) is 11.8 Å². The summed E-state index contributed by atoms with van der Waals surface area (Å²) in [4.78, 5) is 15.6. The van der Waals surface area contributed by atoms with Gasteiger partial charge in [0.2, 0.25) is 5.91 Å². The number of thioether (sulfide) groups is 1. The van der Waals surface area contributed by atoms with Crippen LogP contribution in [0.3, 0.4) is 0 Å². The summed E-state index contributed by atoms with van der Waals surface area (Å²) in [5, 5.41) is 2.30. The Morgan fingerprint density at radius 3 is 2.46 bits per heavy atom. The SMILES string of the molecule is O=C(CSc1cccc(C(F)(F)F)c1)NCc1cnccc1C(F)(F)F. The van der Waals surface area contributed by atoms with E-state index in [9.17, 15) is 31.1 Å². The molecule has 0 atom stereocenters. The van der Waals surface area contributed by atoms with Crippen molar-refractivity contribution in [3.05, 3.63) is 59.4 Å². The number of aromatic nitrogens is 1. The molecule has 1 aromatic heterocycles. The van der Waals surface area contributed by atoms with Crippen molar-refractivity contribution in [2.24, 2.45) is 0 Å². The van der Waals surface area contributed by atoms with Crippen LogP contribution in [-0.2, 0) is 23.7 Å². The highest BCUT2D eigenvalue weighted by Crippen LogP contribution is 2.32. The van der Waals surface area contributed by atoms with E-state index in [1.54, 1.807) is 0 Å². The van der Waals surface area contributed by atoms with Gasteiger partial charge in [-0.05, 0) is 24.3 Å². The second-order valence-corrected chi connectivity index (χ2v) is 6.17. The average Bonchev–Trinajstić information content (AvgIpc) is 2.57. The molecule has 0 aliphatic heterocycles. The van der Waals surface area contributed by atoms with Crippen molar-refractivity contribution in [2.45, 2.75) is 23.8 Å². The number of pyridine rings is 1. The summed E-state index contributed by atoms with van der Waals surface area (Å²) in [6, 6.07) is 5.25. The molecule has 1 N–H and O–H groups in total. The highest BCUT2D eigenvalue weighted by molar-refractivity contribution is 8.00. The zero-order valence-electron chi connectivity index (χ0n) is 13.0. The van der Waals surface area contributed by atoms with Gasteiger partial charge in [-0.3, -0.25) is 9.78 Å². The van der Waals surface area contributed by atoms with Gasteiger partial charge >= 0.3 is 12.4 Å². The van der Waals surface area contributed by atoms with E-state index >= 15 is 0 Å². The van der Waals surface area contributed by atoms with Crippen molar-refractivity contribution in [3.8, 4) is 0 Å². The fourth-order valence-corrected chi connectivity index (χ4v) is 2.79. The summed E-state index contributed by atoms with van der Waals surface area (Å²) in [5.74, 6) is -0.840. The van der Waals surface area contributed by atoms with Crippen molar-refractivity contribution < 1.29 is 31.1 Å². The van der Waals surface area contributed by atoms with Gasteiger partial charge < -0.3 is 5.32 Å². The normalized spacial score (nSPS) is 12.1. The molecule has 2 aromatic rings. The number of hydrogen-bond acceptors (Lipinski definition) is 3. The Bertz CT molecular complexity index is 776. The molecule has 0 aliphatic rings. The fourth-order valence-electron chi connectivity index (χ4n) is 2.00. The third kappa shape index (κ3) is 5.65. The number of nitrogens with one attached hydrogen (secondary N) is 1. The number of carbonyl (C=O) groups excluding carboxylic acids is 1. The van der Waals surface area contributed by atoms with Crippen molar-refractivity contribution in [2.75, 3.05) is 5.75 Å². The number of halogens is 6. The number of carbonyl (C=O) groups is 1. The Morgan fingerprint density at radius 1 is 1.08 bits per heavy atom. The Morgan fingerprint density at radius 2 is 1.81 bits per heavy atom. The molecule has 1 aromatic carbocycles. The topological polar surface area (TPSA) is 42.0 Å². The summed E-state index contributed by atoms with van der Waals surface area (Å²) in [6.07, 6.45) is -7.07. The lowest BCUT2D eigenvalue weighted by molar-refractivity contribution is -0.139. The zero-order chi connectivity index (χ0) is 19.4. The number of hydrogen-bond donors (Lipinski definition) is 1. The van der Waals surface area contributed by atoms with Gasteiger partial charge in [0.25, 0.3) is 0 Å². The largest absolute Gasteiger partial charge is 0.416 e. The lowest BCUT2D eigenvalue weighted by Crippen LogP contribution is -2.26. The van der Waals surface area contributed by atoms with E-state index in [-0.39, 0.29) is 22.8 Å². The van der Waals surface area contributed by atoms with Crippen LogP contribution in [0, 0.1) is 0 Å². The molecule has 0 bridgehead atoms. The Balaban J connectivity index is 1.93. The quantitative estimate of drug-likeness (QED) is 0.599. The molecule has 10 heteroatoms. The van der Waals surface area contributed by atoms with Crippen LogP contribution in [0.1, 0.15) is 16.7 Å². The predicted molar refractivity (Wildman–Crippen MR) is 83.3 cm³/mol. The highest BCUT2D eigenvalue weighted by Gasteiger charge is 2.33. The highest BCUT2D eigenvalue weighted by atomic mass is 32.2. The molecule has 1 amide bonds. The molecule has 1 heterocycles. The molecule has 0 saturated heterocycles. The van der Waals surface area contributed by atoms with Crippen LogP contribution in [0.2, 0.25) is 0 Å². The second-order valence-electron chi connectivity index (χ2n) is 5.12. The molecule has 26 heavy (non-hydrogen) atoms. The fraction of sp³-hybridized carbons (Fsp3) is 0.250. The predicted octanol–water partition coefficient (Wildman–Crippen LogP) is 4.53. The van der Waals surface area contributed by atoms with E-state index in [4.69, 9.17) is 0 Å². The van der Waals surface area contributed by atoms with Gasteiger partial charge in [0.1, 0.15) is 0 Å². The molecular formula is C16H12F6N2OS. The average molecular weight is 394 g/mol. The third-order valence-electron chi connectivity index (χ3n) is 3.22. The van der Waals surface area contributed by atoms with Crippen LogP contribution in [0.4, 0.5) is 26.3 Å². The first kappa shape index (κ1) is 20.1. The molecule has 0 spiro atoms. The minimum absolute atomic E-state index is 0.197. The van der Waals surface area contributed by atoms with Gasteiger partial charge in [0.15, 0.2) is 0 Å². The van der Waals surface area contributed by atoms with E-state index in [1.165, 1.54) is 12.1 Å². The van der Waals surface area contributed by atoms with E-state index in [2.05, 4.69) is 10.3 Å². The number of benzene rings is 1. The van der Waals surface area contributed by atoms with Gasteiger partial charge in [0.05, 0.1) is 16.9 Å². The summed E-state index contributed by atoms with van der Waals surface area (Å²) in [5.41, 5.74) is -1.94. The molecule has 0 unspecified atom stereocenters. The van der Waals surface area contributed by atoms with Crippen LogP contribution in [0.15, 0.2) is 47.6 Å². The first-order valence-corrected chi connectivity index (χ1v) is 8.13. The number of rotatable bonds is 5. The third-order valence-corrected chi connectivity index (χ3v) is 4.21. The molecule has 140 valence electrons. The molecule has 0 fully saturated rings. The van der Waals surface area contributed by atoms with Crippen molar-refractivity contribution in [1.29, 1.82) is 0 Å². The molecule has 2 rings (SSSR count). The van der Waals surface area contributed by atoms with Crippen LogP contribution in [0.5, 0.6) is 0 Å². The molecule has 0 aliphatic carbocycles. The Kier molecular flexibility index (Phi) is 6.17. The minimum Gasteiger partial charge on any atom is -0.351 e. The van der Waals surface area contributed by atoms with E-state index in [0.29, 0.717) is 0 Å². The number of nitrogens with zero attached hydrogens (tertiary/aromatic N) is 1. The summed E-state index contributed by atoms with van der Waals surface area (Å²) >= 11 is 0.854. The molecule has 3 nitrogen and oxygen atoms in total. The number of amides is 1. The van der Waals surface area contributed by atoms with Crippen LogP contribution < -0.4 is 5.32 Å². The number of alkyl halides is 6. The Hall–Kier alpha value is -2.23. The van der Waals surface area contributed by atoms with E-state index in [0.717, 1.165) is 42.4 Å². The van der Waals surface area contributed by atoms with Gasteiger partial charge in [-0.1, -0.05) is 6.07 Å². The first-order valence-electron chi connectivity index (χ1n) is 7.14. The van der Waals surface area contributed by atoms with E-state index in [1.807, 2.05) is 0 Å². The summed E-state index contributed by atoms with van der Waals surface area (Å²) < 4.78 is 76.4. The second kappa shape index (κ2) is 7.98. The maximum Gasteiger partial charge on any atom is 0.416 e. The first-order chi connectivity index (χ1) is 12.1. The van der Waals surface area contributed by atoms with Crippen molar-refractivity contribution in [3.63, 3.8) is 0 Å². The molecule has 0 saturated carbocycles. The monoisotopic (exact) mass is 394 g/mol. The molecular weight excluding hydrogens is 382 g/mol.